The Balaban J connectivity index is 1.66. The molecule has 2 aromatic rings. The molecule has 110 valence electrons. The molecule has 2 N–H and O–H groups in total. The van der Waals surface area contributed by atoms with Crippen LogP contribution in [-0.2, 0) is 0 Å². The van der Waals surface area contributed by atoms with Gasteiger partial charge >= 0.3 is 6.03 Å². The zero-order valence-corrected chi connectivity index (χ0v) is 11.3. The number of aromatic amines is 1. The van der Waals surface area contributed by atoms with Crippen LogP contribution in [0.25, 0.3) is 0 Å². The van der Waals surface area contributed by atoms with Crippen LogP contribution in [0.1, 0.15) is 24.6 Å². The van der Waals surface area contributed by atoms with Crippen molar-refractivity contribution < 1.29 is 9.18 Å². The van der Waals surface area contributed by atoms with Crippen molar-refractivity contribution in [3.8, 4) is 0 Å². The van der Waals surface area contributed by atoms with Crippen LogP contribution in [-0.4, -0.2) is 44.6 Å². The van der Waals surface area contributed by atoms with Crippen molar-refractivity contribution in [1.29, 1.82) is 0 Å². The van der Waals surface area contributed by atoms with Gasteiger partial charge in [-0.05, 0) is 25.0 Å². The summed E-state index contributed by atoms with van der Waals surface area (Å²) in [7, 11) is 0. The van der Waals surface area contributed by atoms with Gasteiger partial charge in [-0.1, -0.05) is 17.3 Å². The third-order valence-electron chi connectivity index (χ3n) is 3.55. The van der Waals surface area contributed by atoms with E-state index in [0.29, 0.717) is 18.9 Å². The molecular weight excluding hydrogens is 275 g/mol. The molecule has 1 aromatic carbocycles. The smallest absolute Gasteiger partial charge is 0.321 e. The summed E-state index contributed by atoms with van der Waals surface area (Å²) < 4.78 is 13.6. The van der Waals surface area contributed by atoms with Crippen LogP contribution in [0.2, 0.25) is 0 Å². The fraction of sp³-hybridized carbons (Fsp3) is 0.385. The number of piperidine rings is 1. The average Bonchev–Trinajstić information content (AvgIpc) is 3.04. The average molecular weight is 290 g/mol. The topological polar surface area (TPSA) is 86.8 Å². The minimum Gasteiger partial charge on any atom is -0.324 e. The summed E-state index contributed by atoms with van der Waals surface area (Å²) in [5.41, 5.74) is 0.184. The highest BCUT2D eigenvalue weighted by Gasteiger charge is 2.27. The highest BCUT2D eigenvalue weighted by Crippen LogP contribution is 2.24. The van der Waals surface area contributed by atoms with Crippen LogP contribution >= 0.6 is 0 Å². The number of nitrogens with one attached hydrogen (secondary N) is 2. The van der Waals surface area contributed by atoms with Crippen molar-refractivity contribution in [3.05, 3.63) is 35.9 Å². The number of tetrazole rings is 1. The lowest BCUT2D eigenvalue weighted by atomic mass is 9.98. The Kier molecular flexibility index (Phi) is 3.76. The van der Waals surface area contributed by atoms with Crippen molar-refractivity contribution in [2.24, 2.45) is 0 Å². The number of H-pyrrole nitrogens is 1. The number of urea groups is 1. The molecule has 2 heterocycles. The van der Waals surface area contributed by atoms with E-state index in [9.17, 15) is 9.18 Å². The van der Waals surface area contributed by atoms with Crippen LogP contribution in [0.5, 0.6) is 0 Å². The molecule has 3 rings (SSSR count). The second kappa shape index (κ2) is 5.86. The summed E-state index contributed by atoms with van der Waals surface area (Å²) in [6.07, 6.45) is 1.76. The van der Waals surface area contributed by atoms with Gasteiger partial charge in [0.1, 0.15) is 5.82 Å². The van der Waals surface area contributed by atoms with Gasteiger partial charge in [0.15, 0.2) is 5.82 Å². The number of nitrogens with zero attached hydrogens (tertiary/aromatic N) is 4. The number of hydrogen-bond donors (Lipinski definition) is 2. The van der Waals surface area contributed by atoms with Gasteiger partial charge in [-0.2, -0.15) is 5.21 Å². The first-order valence-corrected chi connectivity index (χ1v) is 6.78. The van der Waals surface area contributed by atoms with E-state index in [1.165, 1.54) is 12.1 Å². The Bertz CT molecular complexity index is 617. The first-order valence-electron chi connectivity index (χ1n) is 6.78. The van der Waals surface area contributed by atoms with Gasteiger partial charge in [0.25, 0.3) is 0 Å². The molecule has 7 nitrogen and oxygen atoms in total. The molecule has 0 bridgehead atoms. The van der Waals surface area contributed by atoms with Crippen molar-refractivity contribution in [1.82, 2.24) is 25.5 Å². The van der Waals surface area contributed by atoms with E-state index in [4.69, 9.17) is 0 Å². The maximum atomic E-state index is 13.6. The summed E-state index contributed by atoms with van der Waals surface area (Å²) in [6.45, 7) is 1.13. The summed E-state index contributed by atoms with van der Waals surface area (Å²) in [6, 6.07) is 5.80. The highest BCUT2D eigenvalue weighted by atomic mass is 19.1. The third-order valence-corrected chi connectivity index (χ3v) is 3.55. The van der Waals surface area contributed by atoms with E-state index in [1.807, 2.05) is 0 Å². The number of carbonyl (C=O) groups is 1. The fourth-order valence-electron chi connectivity index (χ4n) is 2.47. The Morgan fingerprint density at radius 3 is 3.05 bits per heavy atom. The number of anilines is 1. The fourth-order valence-corrected chi connectivity index (χ4v) is 2.47. The number of carbonyl (C=O) groups excluding carboxylic acids is 1. The number of amides is 2. The molecule has 1 aliphatic heterocycles. The van der Waals surface area contributed by atoms with Crippen molar-refractivity contribution in [2.45, 2.75) is 18.8 Å². The molecule has 1 aromatic heterocycles. The summed E-state index contributed by atoms with van der Waals surface area (Å²) >= 11 is 0. The number of benzene rings is 1. The standard InChI is InChI=1S/C13H15FN6O/c14-10-5-1-2-6-11(10)15-13(21)20-7-3-4-9(8-20)12-16-18-19-17-12/h1-2,5-6,9H,3-4,7-8H2,(H,15,21)(H,16,17,18,19). The summed E-state index contributed by atoms with van der Waals surface area (Å²) in [4.78, 5) is 13.9. The van der Waals surface area contributed by atoms with Gasteiger partial charge in [-0.15, -0.1) is 10.2 Å². The Morgan fingerprint density at radius 2 is 2.29 bits per heavy atom. The lowest BCUT2D eigenvalue weighted by Crippen LogP contribution is -2.42. The number of hydrogen-bond acceptors (Lipinski definition) is 4. The molecule has 8 heteroatoms. The second-order valence-corrected chi connectivity index (χ2v) is 4.97. The van der Waals surface area contributed by atoms with Gasteiger partial charge in [-0.3, -0.25) is 0 Å². The van der Waals surface area contributed by atoms with Gasteiger partial charge in [0.05, 0.1) is 5.69 Å². The SMILES string of the molecule is O=C(Nc1ccccc1F)N1CCCC(c2nn[nH]n2)C1. The van der Waals surface area contributed by atoms with E-state index in [2.05, 4.69) is 25.9 Å². The Labute approximate surface area is 120 Å². The predicted molar refractivity (Wildman–Crippen MR) is 73.1 cm³/mol. The van der Waals surface area contributed by atoms with E-state index >= 15 is 0 Å². The van der Waals surface area contributed by atoms with Gasteiger partial charge in [-0.25, -0.2) is 9.18 Å². The van der Waals surface area contributed by atoms with Crippen LogP contribution < -0.4 is 5.32 Å². The van der Waals surface area contributed by atoms with Crippen molar-refractivity contribution >= 4 is 11.7 Å². The zero-order valence-electron chi connectivity index (χ0n) is 11.3. The molecule has 21 heavy (non-hydrogen) atoms. The number of para-hydroxylation sites is 1. The van der Waals surface area contributed by atoms with Gasteiger partial charge < -0.3 is 10.2 Å². The minimum atomic E-state index is -0.447. The molecule has 1 fully saturated rings. The lowest BCUT2D eigenvalue weighted by Gasteiger charge is -2.31. The van der Waals surface area contributed by atoms with Crippen LogP contribution in [0, 0.1) is 5.82 Å². The Hall–Kier alpha value is -2.51. The van der Waals surface area contributed by atoms with Crippen molar-refractivity contribution in [3.63, 3.8) is 0 Å². The van der Waals surface area contributed by atoms with Gasteiger partial charge in [0.2, 0.25) is 0 Å². The molecule has 1 unspecified atom stereocenters. The van der Waals surface area contributed by atoms with E-state index in [-0.39, 0.29) is 17.6 Å². The monoisotopic (exact) mass is 290 g/mol. The highest BCUT2D eigenvalue weighted by molar-refractivity contribution is 5.89. The largest absolute Gasteiger partial charge is 0.324 e. The lowest BCUT2D eigenvalue weighted by molar-refractivity contribution is 0.191. The number of rotatable bonds is 2. The molecule has 0 aliphatic carbocycles. The van der Waals surface area contributed by atoms with E-state index in [0.717, 1.165) is 12.8 Å². The molecule has 0 spiro atoms. The maximum absolute atomic E-state index is 13.6. The second-order valence-electron chi connectivity index (χ2n) is 4.97. The number of aromatic nitrogens is 4. The molecule has 2 amide bonds. The quantitative estimate of drug-likeness (QED) is 0.882. The van der Waals surface area contributed by atoms with E-state index in [1.54, 1.807) is 17.0 Å². The third kappa shape index (κ3) is 2.99. The molecular formula is C13H15FN6O. The predicted octanol–water partition coefficient (Wildman–Crippen LogP) is 1.75. The molecule has 1 aliphatic rings. The number of halogens is 1. The molecule has 0 radical (unpaired) electrons. The first-order chi connectivity index (χ1) is 10.2. The maximum Gasteiger partial charge on any atom is 0.321 e. The molecule has 0 saturated carbocycles. The minimum absolute atomic E-state index is 0.0591. The van der Waals surface area contributed by atoms with Crippen LogP contribution in [0.3, 0.4) is 0 Å². The number of likely N-dealkylation sites (tertiary alicyclic amines) is 1. The summed E-state index contributed by atoms with van der Waals surface area (Å²) in [5.74, 6) is 0.222. The van der Waals surface area contributed by atoms with Crippen LogP contribution in [0.4, 0.5) is 14.9 Å². The normalized spacial score (nSPS) is 18.5. The molecule has 1 atom stereocenters. The van der Waals surface area contributed by atoms with Crippen LogP contribution in [0.15, 0.2) is 24.3 Å². The van der Waals surface area contributed by atoms with Crippen molar-refractivity contribution in [2.75, 3.05) is 18.4 Å². The summed E-state index contributed by atoms with van der Waals surface area (Å²) in [5, 5.41) is 16.5. The van der Waals surface area contributed by atoms with Gasteiger partial charge in [0, 0.05) is 19.0 Å². The molecule has 1 saturated heterocycles. The van der Waals surface area contributed by atoms with E-state index < -0.39 is 5.82 Å². The zero-order chi connectivity index (χ0) is 14.7. The Morgan fingerprint density at radius 1 is 1.43 bits per heavy atom. The first kappa shape index (κ1) is 13.5.